The lowest BCUT2D eigenvalue weighted by Gasteiger charge is -2.17. The molecule has 0 saturated carbocycles. The molecule has 2 aromatic rings. The van der Waals surface area contributed by atoms with Crippen molar-refractivity contribution < 1.29 is 9.13 Å². The predicted molar refractivity (Wildman–Crippen MR) is 79.5 cm³/mol. The summed E-state index contributed by atoms with van der Waals surface area (Å²) in [5, 5.41) is 0. The van der Waals surface area contributed by atoms with Gasteiger partial charge in [0.15, 0.2) is 11.6 Å². The first kappa shape index (κ1) is 14.5. The number of hydrogen-bond donors (Lipinski definition) is 1. The second-order valence-electron chi connectivity index (χ2n) is 5.07. The number of nitrogens with two attached hydrogens (primary N) is 1. The first-order valence-corrected chi connectivity index (χ1v) is 6.67. The zero-order chi connectivity index (χ0) is 14.7. The van der Waals surface area contributed by atoms with Crippen LogP contribution in [0.5, 0.6) is 5.75 Å². The minimum Gasteiger partial charge on any atom is -0.494 e. The minimum absolute atomic E-state index is 0.177. The van der Waals surface area contributed by atoms with E-state index in [1.807, 2.05) is 6.07 Å². The zero-order valence-corrected chi connectivity index (χ0v) is 12.1. The van der Waals surface area contributed by atoms with Crippen LogP contribution in [0.25, 0.3) is 0 Å². The molecule has 0 saturated heterocycles. The van der Waals surface area contributed by atoms with E-state index in [9.17, 15) is 4.39 Å². The van der Waals surface area contributed by atoms with Gasteiger partial charge in [-0.1, -0.05) is 24.3 Å². The van der Waals surface area contributed by atoms with Crippen LogP contribution in [0.3, 0.4) is 0 Å². The maximum atomic E-state index is 13.4. The zero-order valence-electron chi connectivity index (χ0n) is 12.1. The van der Waals surface area contributed by atoms with E-state index >= 15 is 0 Å². The smallest absolute Gasteiger partial charge is 0.165 e. The number of methoxy groups -OCH3 is 1. The van der Waals surface area contributed by atoms with Crippen LogP contribution in [-0.4, -0.2) is 7.11 Å². The lowest BCUT2D eigenvalue weighted by atomic mass is 9.93. The molecular weight excluding hydrogens is 253 g/mol. The Hall–Kier alpha value is -1.87. The van der Waals surface area contributed by atoms with Crippen molar-refractivity contribution in [3.63, 3.8) is 0 Å². The van der Waals surface area contributed by atoms with Gasteiger partial charge in [-0.25, -0.2) is 4.39 Å². The summed E-state index contributed by atoms with van der Waals surface area (Å²) in [4.78, 5) is 0. The summed E-state index contributed by atoms with van der Waals surface area (Å²) in [6.45, 7) is 4.17. The van der Waals surface area contributed by atoms with Crippen molar-refractivity contribution in [2.24, 2.45) is 5.73 Å². The largest absolute Gasteiger partial charge is 0.494 e. The van der Waals surface area contributed by atoms with Crippen LogP contribution in [0.15, 0.2) is 36.4 Å². The highest BCUT2D eigenvalue weighted by atomic mass is 19.1. The second-order valence-corrected chi connectivity index (χ2v) is 5.07. The monoisotopic (exact) mass is 273 g/mol. The Bertz CT molecular complexity index is 590. The molecule has 0 aliphatic heterocycles. The Morgan fingerprint density at radius 1 is 1.15 bits per heavy atom. The standard InChI is InChI=1S/C17H20FNO/c1-11-5-4-6-12(2)14(11)10-16(19)13-7-8-15(18)17(9-13)20-3/h4-9,16H,10,19H2,1-3H3. The topological polar surface area (TPSA) is 35.2 Å². The highest BCUT2D eigenvalue weighted by molar-refractivity contribution is 5.37. The van der Waals surface area contributed by atoms with Crippen LogP contribution in [-0.2, 0) is 6.42 Å². The van der Waals surface area contributed by atoms with Crippen molar-refractivity contribution in [2.45, 2.75) is 26.3 Å². The Morgan fingerprint density at radius 2 is 1.80 bits per heavy atom. The third kappa shape index (κ3) is 2.99. The Labute approximate surface area is 119 Å². The molecule has 1 unspecified atom stereocenters. The van der Waals surface area contributed by atoms with Crippen molar-refractivity contribution in [2.75, 3.05) is 7.11 Å². The molecule has 106 valence electrons. The van der Waals surface area contributed by atoms with Gasteiger partial charge in [0.25, 0.3) is 0 Å². The van der Waals surface area contributed by atoms with E-state index in [0.29, 0.717) is 0 Å². The summed E-state index contributed by atoms with van der Waals surface area (Å²) in [5.74, 6) is -0.130. The third-order valence-corrected chi connectivity index (χ3v) is 3.67. The molecule has 2 aromatic carbocycles. The van der Waals surface area contributed by atoms with Crippen molar-refractivity contribution in [1.82, 2.24) is 0 Å². The van der Waals surface area contributed by atoms with Crippen LogP contribution in [0.4, 0.5) is 4.39 Å². The molecule has 1 atom stereocenters. The van der Waals surface area contributed by atoms with Gasteiger partial charge in [0.1, 0.15) is 0 Å². The summed E-state index contributed by atoms with van der Waals surface area (Å²) in [6, 6.07) is 10.8. The van der Waals surface area contributed by atoms with Crippen molar-refractivity contribution in [3.05, 3.63) is 64.5 Å². The van der Waals surface area contributed by atoms with E-state index in [-0.39, 0.29) is 17.6 Å². The molecule has 2 N–H and O–H groups in total. The van der Waals surface area contributed by atoms with Crippen LogP contribution >= 0.6 is 0 Å². The van der Waals surface area contributed by atoms with Gasteiger partial charge in [0.2, 0.25) is 0 Å². The van der Waals surface area contributed by atoms with Gasteiger partial charge in [-0.15, -0.1) is 0 Å². The fourth-order valence-corrected chi connectivity index (χ4v) is 2.42. The van der Waals surface area contributed by atoms with Gasteiger partial charge in [-0.3, -0.25) is 0 Å². The highest BCUT2D eigenvalue weighted by Gasteiger charge is 2.13. The molecule has 0 bridgehead atoms. The Morgan fingerprint density at radius 3 is 2.40 bits per heavy atom. The number of rotatable bonds is 4. The van der Waals surface area contributed by atoms with E-state index < -0.39 is 0 Å². The molecule has 0 aliphatic rings. The first-order valence-electron chi connectivity index (χ1n) is 6.67. The molecule has 3 heteroatoms. The van der Waals surface area contributed by atoms with E-state index in [1.54, 1.807) is 12.1 Å². The molecule has 2 rings (SSSR count). The van der Waals surface area contributed by atoms with Crippen LogP contribution in [0.1, 0.15) is 28.3 Å². The van der Waals surface area contributed by atoms with E-state index in [2.05, 4.69) is 26.0 Å². The molecule has 20 heavy (non-hydrogen) atoms. The number of benzene rings is 2. The molecule has 0 radical (unpaired) electrons. The van der Waals surface area contributed by atoms with Gasteiger partial charge in [0, 0.05) is 6.04 Å². The number of ether oxygens (including phenoxy) is 1. The van der Waals surface area contributed by atoms with Gasteiger partial charge < -0.3 is 10.5 Å². The van der Waals surface area contributed by atoms with Crippen molar-refractivity contribution in [3.8, 4) is 5.75 Å². The van der Waals surface area contributed by atoms with Crippen LogP contribution < -0.4 is 10.5 Å². The summed E-state index contributed by atoms with van der Waals surface area (Å²) in [7, 11) is 1.46. The summed E-state index contributed by atoms with van der Waals surface area (Å²) < 4.78 is 18.4. The van der Waals surface area contributed by atoms with Crippen LogP contribution in [0, 0.1) is 19.7 Å². The molecule has 0 heterocycles. The fourth-order valence-electron chi connectivity index (χ4n) is 2.42. The van der Waals surface area contributed by atoms with Gasteiger partial charge in [-0.05, 0) is 54.7 Å². The number of aryl methyl sites for hydroxylation is 2. The molecule has 2 nitrogen and oxygen atoms in total. The molecule has 0 amide bonds. The van der Waals surface area contributed by atoms with Gasteiger partial charge >= 0.3 is 0 Å². The second kappa shape index (κ2) is 6.06. The SMILES string of the molecule is COc1cc(C(N)Cc2c(C)cccc2C)ccc1F. The molecule has 0 aromatic heterocycles. The fraction of sp³-hybridized carbons (Fsp3) is 0.294. The summed E-state index contributed by atoms with van der Waals surface area (Å²) >= 11 is 0. The van der Waals surface area contributed by atoms with Crippen LogP contribution in [0.2, 0.25) is 0 Å². The first-order chi connectivity index (χ1) is 9.52. The van der Waals surface area contributed by atoms with E-state index in [0.717, 1.165) is 12.0 Å². The average Bonchev–Trinajstić information content (AvgIpc) is 2.43. The average molecular weight is 273 g/mol. The third-order valence-electron chi connectivity index (χ3n) is 3.67. The minimum atomic E-state index is -0.365. The normalized spacial score (nSPS) is 12.2. The maximum Gasteiger partial charge on any atom is 0.165 e. The Balaban J connectivity index is 2.26. The molecular formula is C17H20FNO. The van der Waals surface area contributed by atoms with Gasteiger partial charge in [0.05, 0.1) is 7.11 Å². The molecule has 0 aliphatic carbocycles. The van der Waals surface area contributed by atoms with E-state index in [1.165, 1.54) is 29.9 Å². The molecule has 0 fully saturated rings. The maximum absolute atomic E-state index is 13.4. The molecule has 0 spiro atoms. The van der Waals surface area contributed by atoms with Crippen molar-refractivity contribution in [1.29, 1.82) is 0 Å². The number of halogens is 1. The highest BCUT2D eigenvalue weighted by Crippen LogP contribution is 2.25. The summed E-state index contributed by atoms with van der Waals surface area (Å²) in [5.41, 5.74) is 10.9. The quantitative estimate of drug-likeness (QED) is 0.922. The summed E-state index contributed by atoms with van der Waals surface area (Å²) in [6.07, 6.45) is 0.729. The lowest BCUT2D eigenvalue weighted by molar-refractivity contribution is 0.385. The van der Waals surface area contributed by atoms with E-state index in [4.69, 9.17) is 10.5 Å². The number of hydrogen-bond acceptors (Lipinski definition) is 2. The Kier molecular flexibility index (Phi) is 4.40. The van der Waals surface area contributed by atoms with Gasteiger partial charge in [-0.2, -0.15) is 0 Å². The lowest BCUT2D eigenvalue weighted by Crippen LogP contribution is -2.15. The predicted octanol–water partition coefficient (Wildman–Crippen LogP) is 3.69. The van der Waals surface area contributed by atoms with Crippen molar-refractivity contribution >= 4 is 0 Å².